The largest absolute Gasteiger partial charge is 0.389 e. The van der Waals surface area contributed by atoms with E-state index < -0.39 is 12.2 Å². The molecule has 0 aromatic carbocycles. The Balaban J connectivity index is 2.88. The molecule has 1 aromatic heterocycles. The van der Waals surface area contributed by atoms with Crippen LogP contribution in [0.3, 0.4) is 0 Å². The van der Waals surface area contributed by atoms with Gasteiger partial charge in [0.15, 0.2) is 0 Å². The standard InChI is InChI=1S/C8H9Cl2NO2/c9-4-6(12)8(13)7-5(10)2-1-3-11-7/h1-3,6,8,12-13H,4H2. The highest BCUT2D eigenvalue weighted by atomic mass is 35.5. The molecule has 0 radical (unpaired) electrons. The molecule has 72 valence electrons. The minimum absolute atomic E-state index is 0.0614. The third kappa shape index (κ3) is 2.54. The Morgan fingerprint density at radius 3 is 2.69 bits per heavy atom. The van der Waals surface area contributed by atoms with Crippen molar-refractivity contribution in [3.05, 3.63) is 29.0 Å². The lowest BCUT2D eigenvalue weighted by atomic mass is 10.1. The van der Waals surface area contributed by atoms with Crippen LogP contribution in [0.2, 0.25) is 5.02 Å². The number of alkyl halides is 1. The number of hydrogen-bond acceptors (Lipinski definition) is 3. The van der Waals surface area contributed by atoms with Gasteiger partial charge < -0.3 is 10.2 Å². The first-order valence-electron chi connectivity index (χ1n) is 3.69. The lowest BCUT2D eigenvalue weighted by Gasteiger charge is -2.15. The van der Waals surface area contributed by atoms with Crippen LogP contribution in [0.1, 0.15) is 11.8 Å². The lowest BCUT2D eigenvalue weighted by molar-refractivity contribution is 0.0301. The average molecular weight is 222 g/mol. The first-order chi connectivity index (χ1) is 6.16. The normalized spacial score (nSPS) is 15.4. The van der Waals surface area contributed by atoms with E-state index in [-0.39, 0.29) is 11.6 Å². The number of halogens is 2. The molecule has 5 heteroatoms. The Bertz CT molecular complexity index is 283. The van der Waals surface area contributed by atoms with Crippen LogP contribution in [0.4, 0.5) is 0 Å². The average Bonchev–Trinajstić information content (AvgIpc) is 2.16. The molecule has 0 saturated carbocycles. The molecular weight excluding hydrogens is 213 g/mol. The van der Waals surface area contributed by atoms with Gasteiger partial charge in [-0.05, 0) is 12.1 Å². The maximum absolute atomic E-state index is 9.49. The van der Waals surface area contributed by atoms with Crippen LogP contribution in [0, 0.1) is 0 Å². The summed E-state index contributed by atoms with van der Waals surface area (Å²) in [6.45, 7) is 0. The molecule has 0 saturated heterocycles. The van der Waals surface area contributed by atoms with Gasteiger partial charge in [0, 0.05) is 6.20 Å². The van der Waals surface area contributed by atoms with Crippen LogP contribution in [0.25, 0.3) is 0 Å². The second-order valence-electron chi connectivity index (χ2n) is 2.54. The van der Waals surface area contributed by atoms with Gasteiger partial charge in [-0.15, -0.1) is 11.6 Å². The van der Waals surface area contributed by atoms with E-state index in [0.717, 1.165) is 0 Å². The maximum Gasteiger partial charge on any atom is 0.124 e. The number of rotatable bonds is 3. The molecule has 2 atom stereocenters. The zero-order valence-electron chi connectivity index (χ0n) is 6.69. The molecule has 0 aliphatic carbocycles. The Kier molecular flexibility index (Phi) is 3.93. The van der Waals surface area contributed by atoms with Crippen LogP contribution in [-0.2, 0) is 0 Å². The number of nitrogens with zero attached hydrogens (tertiary/aromatic N) is 1. The van der Waals surface area contributed by atoms with Crippen LogP contribution in [-0.4, -0.2) is 27.2 Å². The third-order valence-corrected chi connectivity index (χ3v) is 2.23. The van der Waals surface area contributed by atoms with E-state index in [1.54, 1.807) is 12.1 Å². The summed E-state index contributed by atoms with van der Waals surface area (Å²) >= 11 is 11.1. The van der Waals surface area contributed by atoms with Crippen molar-refractivity contribution < 1.29 is 10.2 Å². The molecule has 0 spiro atoms. The molecule has 0 aliphatic heterocycles. The summed E-state index contributed by atoms with van der Waals surface area (Å²) < 4.78 is 0. The van der Waals surface area contributed by atoms with Crippen LogP contribution in [0.5, 0.6) is 0 Å². The number of aliphatic hydroxyl groups is 2. The molecule has 2 N–H and O–H groups in total. The number of pyridine rings is 1. The fraction of sp³-hybridized carbons (Fsp3) is 0.375. The summed E-state index contributed by atoms with van der Waals surface area (Å²) in [5, 5.41) is 19.0. The Morgan fingerprint density at radius 1 is 1.46 bits per heavy atom. The van der Waals surface area contributed by atoms with E-state index in [0.29, 0.717) is 5.02 Å². The van der Waals surface area contributed by atoms with Crippen molar-refractivity contribution in [2.45, 2.75) is 12.2 Å². The molecule has 1 rings (SSSR count). The summed E-state index contributed by atoms with van der Waals surface area (Å²) in [7, 11) is 0. The van der Waals surface area contributed by atoms with Gasteiger partial charge in [-0.25, -0.2) is 0 Å². The Morgan fingerprint density at radius 2 is 2.15 bits per heavy atom. The zero-order valence-corrected chi connectivity index (χ0v) is 8.20. The van der Waals surface area contributed by atoms with Crippen molar-refractivity contribution in [3.8, 4) is 0 Å². The quantitative estimate of drug-likeness (QED) is 0.759. The van der Waals surface area contributed by atoms with Gasteiger partial charge in [-0.3, -0.25) is 4.98 Å². The minimum Gasteiger partial charge on any atom is -0.389 e. The summed E-state index contributed by atoms with van der Waals surface area (Å²) in [6.07, 6.45) is -0.689. The van der Waals surface area contributed by atoms with E-state index in [9.17, 15) is 10.2 Å². The van der Waals surface area contributed by atoms with Gasteiger partial charge in [-0.1, -0.05) is 11.6 Å². The van der Waals surface area contributed by atoms with Crippen molar-refractivity contribution in [2.75, 3.05) is 5.88 Å². The van der Waals surface area contributed by atoms with Gasteiger partial charge in [0.05, 0.1) is 22.7 Å². The molecule has 0 fully saturated rings. The van der Waals surface area contributed by atoms with Crippen molar-refractivity contribution in [1.29, 1.82) is 0 Å². The Hall–Kier alpha value is -0.350. The number of aliphatic hydroxyl groups excluding tert-OH is 2. The highest BCUT2D eigenvalue weighted by molar-refractivity contribution is 6.31. The summed E-state index contributed by atoms with van der Waals surface area (Å²) in [6, 6.07) is 3.24. The molecule has 3 nitrogen and oxygen atoms in total. The zero-order chi connectivity index (χ0) is 9.84. The van der Waals surface area contributed by atoms with Crippen LogP contribution in [0.15, 0.2) is 18.3 Å². The Labute approximate surface area is 85.9 Å². The lowest BCUT2D eigenvalue weighted by Crippen LogP contribution is -2.20. The van der Waals surface area contributed by atoms with Gasteiger partial charge in [0.25, 0.3) is 0 Å². The second kappa shape index (κ2) is 4.77. The minimum atomic E-state index is -1.13. The maximum atomic E-state index is 9.49. The van der Waals surface area contributed by atoms with Gasteiger partial charge >= 0.3 is 0 Å². The van der Waals surface area contributed by atoms with Crippen molar-refractivity contribution in [1.82, 2.24) is 4.98 Å². The second-order valence-corrected chi connectivity index (χ2v) is 3.25. The molecule has 0 amide bonds. The first-order valence-corrected chi connectivity index (χ1v) is 4.60. The van der Waals surface area contributed by atoms with E-state index in [1.165, 1.54) is 6.20 Å². The molecule has 1 aromatic rings. The predicted octanol–water partition coefficient (Wildman–Crippen LogP) is 1.37. The van der Waals surface area contributed by atoms with E-state index >= 15 is 0 Å². The van der Waals surface area contributed by atoms with Crippen molar-refractivity contribution in [2.24, 2.45) is 0 Å². The first kappa shape index (κ1) is 10.7. The summed E-state index contributed by atoms with van der Waals surface area (Å²) in [5.41, 5.74) is 0.248. The molecule has 2 unspecified atom stereocenters. The van der Waals surface area contributed by atoms with E-state index in [2.05, 4.69) is 4.98 Å². The van der Waals surface area contributed by atoms with Crippen molar-refractivity contribution in [3.63, 3.8) is 0 Å². The topological polar surface area (TPSA) is 53.4 Å². The van der Waals surface area contributed by atoms with Gasteiger partial charge in [0.1, 0.15) is 6.10 Å². The SMILES string of the molecule is OC(CCl)C(O)c1ncccc1Cl. The van der Waals surface area contributed by atoms with E-state index in [4.69, 9.17) is 23.2 Å². The fourth-order valence-corrected chi connectivity index (χ4v) is 1.28. The molecule has 0 aliphatic rings. The number of hydrogen-bond donors (Lipinski definition) is 2. The number of aromatic nitrogens is 1. The predicted molar refractivity (Wildman–Crippen MR) is 50.9 cm³/mol. The summed E-state index contributed by atoms with van der Waals surface area (Å²) in [5.74, 6) is -0.0614. The van der Waals surface area contributed by atoms with E-state index in [1.807, 2.05) is 0 Å². The highest BCUT2D eigenvalue weighted by Crippen LogP contribution is 2.22. The van der Waals surface area contributed by atoms with Gasteiger partial charge in [-0.2, -0.15) is 0 Å². The monoisotopic (exact) mass is 221 g/mol. The molecule has 0 bridgehead atoms. The molecular formula is C8H9Cl2NO2. The fourth-order valence-electron chi connectivity index (χ4n) is 0.882. The van der Waals surface area contributed by atoms with Crippen molar-refractivity contribution >= 4 is 23.2 Å². The smallest absolute Gasteiger partial charge is 0.124 e. The van der Waals surface area contributed by atoms with Gasteiger partial charge in [0.2, 0.25) is 0 Å². The molecule has 1 heterocycles. The molecule has 13 heavy (non-hydrogen) atoms. The third-order valence-electron chi connectivity index (χ3n) is 1.59. The highest BCUT2D eigenvalue weighted by Gasteiger charge is 2.20. The van der Waals surface area contributed by atoms with Crippen LogP contribution < -0.4 is 0 Å². The van der Waals surface area contributed by atoms with Crippen LogP contribution >= 0.6 is 23.2 Å². The summed E-state index contributed by atoms with van der Waals surface area (Å²) in [4.78, 5) is 3.85.